The van der Waals surface area contributed by atoms with Crippen molar-refractivity contribution >= 4 is 11.3 Å². The third-order valence-electron chi connectivity index (χ3n) is 1.40. The molecule has 1 N–H and O–H groups in total. The zero-order chi connectivity index (χ0) is 6.81. The van der Waals surface area contributed by atoms with E-state index in [9.17, 15) is 0 Å². The molecule has 0 aliphatic rings. The molecule has 2 aromatic rings. The molecule has 2 heteroatoms. The lowest BCUT2D eigenvalue weighted by Crippen LogP contribution is -1.59. The fourth-order valence-corrected chi connectivity index (χ4v) is 1.64. The molecule has 0 fully saturated rings. The van der Waals surface area contributed by atoms with E-state index < -0.39 is 0 Å². The number of thiophene rings is 1. The lowest BCUT2D eigenvalue weighted by atomic mass is 10.3. The summed E-state index contributed by atoms with van der Waals surface area (Å²) >= 11 is 1.76. The summed E-state index contributed by atoms with van der Waals surface area (Å²) in [7, 11) is 0. The molecule has 0 amide bonds. The minimum Gasteiger partial charge on any atom is -0.367 e. The van der Waals surface area contributed by atoms with Crippen LogP contribution < -0.4 is 0 Å². The largest absolute Gasteiger partial charge is 0.367 e. The van der Waals surface area contributed by atoms with Crippen LogP contribution in [0.15, 0.2) is 36.0 Å². The molecule has 2 rings (SSSR count). The van der Waals surface area contributed by atoms with Gasteiger partial charge >= 0.3 is 0 Å². The molecule has 0 radical (unpaired) electrons. The maximum absolute atomic E-state index is 3.02. The summed E-state index contributed by atoms with van der Waals surface area (Å²) in [6.45, 7) is 0. The highest BCUT2D eigenvalue weighted by Gasteiger charge is 1.95. The van der Waals surface area contributed by atoms with Crippen molar-refractivity contribution in [3.8, 4) is 10.4 Å². The summed E-state index contributed by atoms with van der Waals surface area (Å²) in [5, 5.41) is 2.09. The van der Waals surface area contributed by atoms with Crippen LogP contribution >= 0.6 is 11.3 Å². The number of hydrogen-bond donors (Lipinski definition) is 1. The fraction of sp³-hybridized carbons (Fsp3) is 0. The minimum atomic E-state index is 1.27. The van der Waals surface area contributed by atoms with E-state index in [1.165, 1.54) is 10.4 Å². The van der Waals surface area contributed by atoms with Gasteiger partial charge in [-0.2, -0.15) is 0 Å². The first-order chi connectivity index (χ1) is 4.97. The molecule has 1 nitrogen and oxygen atoms in total. The van der Waals surface area contributed by atoms with Gasteiger partial charge in [-0.05, 0) is 17.5 Å². The molecule has 0 aliphatic carbocycles. The molecule has 0 saturated carbocycles. The molecule has 2 heterocycles. The lowest BCUT2D eigenvalue weighted by Gasteiger charge is -1.85. The highest BCUT2D eigenvalue weighted by Crippen LogP contribution is 2.23. The van der Waals surface area contributed by atoms with E-state index in [1.807, 2.05) is 12.4 Å². The molecule has 50 valence electrons. The zero-order valence-electron chi connectivity index (χ0n) is 5.37. The summed E-state index contributed by atoms with van der Waals surface area (Å²) in [5.74, 6) is 0. The van der Waals surface area contributed by atoms with Crippen LogP contribution in [-0.2, 0) is 0 Å². The Morgan fingerprint density at radius 1 is 1.30 bits per heavy atom. The first-order valence-corrected chi connectivity index (χ1v) is 4.01. The van der Waals surface area contributed by atoms with Crippen LogP contribution in [0.1, 0.15) is 0 Å². The fourth-order valence-electron chi connectivity index (χ4n) is 0.920. The second-order valence-electron chi connectivity index (χ2n) is 2.08. The molecule has 0 saturated heterocycles. The summed E-state index contributed by atoms with van der Waals surface area (Å²) in [5.41, 5.74) is 1.27. The third-order valence-corrected chi connectivity index (χ3v) is 2.32. The average molecular weight is 149 g/mol. The van der Waals surface area contributed by atoms with Crippen LogP contribution in [-0.4, -0.2) is 4.98 Å². The highest BCUT2D eigenvalue weighted by molar-refractivity contribution is 7.13. The van der Waals surface area contributed by atoms with E-state index in [0.29, 0.717) is 0 Å². The van der Waals surface area contributed by atoms with Crippen LogP contribution in [0.2, 0.25) is 0 Å². The molecule has 0 spiro atoms. The van der Waals surface area contributed by atoms with Gasteiger partial charge in [0.2, 0.25) is 0 Å². The maximum Gasteiger partial charge on any atom is 0.0357 e. The Bertz CT molecular complexity index is 249. The minimum absolute atomic E-state index is 1.27. The second kappa shape index (κ2) is 2.31. The van der Waals surface area contributed by atoms with Crippen molar-refractivity contribution in [3.05, 3.63) is 36.0 Å². The smallest absolute Gasteiger partial charge is 0.0357 e. The van der Waals surface area contributed by atoms with E-state index in [1.54, 1.807) is 11.3 Å². The highest BCUT2D eigenvalue weighted by atomic mass is 32.1. The number of nitrogens with one attached hydrogen (secondary N) is 1. The van der Waals surface area contributed by atoms with E-state index >= 15 is 0 Å². The quantitative estimate of drug-likeness (QED) is 0.641. The summed E-state index contributed by atoms with van der Waals surface area (Å²) in [6, 6.07) is 6.26. The SMILES string of the molecule is c1csc(-c2cc[nH]c2)c1. The number of aromatic nitrogens is 1. The van der Waals surface area contributed by atoms with Crippen LogP contribution in [0.4, 0.5) is 0 Å². The Morgan fingerprint density at radius 2 is 2.30 bits per heavy atom. The van der Waals surface area contributed by atoms with Crippen molar-refractivity contribution in [2.24, 2.45) is 0 Å². The van der Waals surface area contributed by atoms with Gasteiger partial charge in [0.1, 0.15) is 0 Å². The predicted octanol–water partition coefficient (Wildman–Crippen LogP) is 2.74. The van der Waals surface area contributed by atoms with Crippen molar-refractivity contribution in [2.75, 3.05) is 0 Å². The maximum atomic E-state index is 3.02. The van der Waals surface area contributed by atoms with E-state index in [0.717, 1.165) is 0 Å². The van der Waals surface area contributed by atoms with Gasteiger partial charge in [-0.15, -0.1) is 11.3 Å². The van der Waals surface area contributed by atoms with Gasteiger partial charge in [0.15, 0.2) is 0 Å². The van der Waals surface area contributed by atoms with Crippen molar-refractivity contribution in [2.45, 2.75) is 0 Å². The molecular formula is C8H7NS. The average Bonchev–Trinajstić information content (AvgIpc) is 2.59. The van der Waals surface area contributed by atoms with Gasteiger partial charge in [0, 0.05) is 22.8 Å². The van der Waals surface area contributed by atoms with Crippen LogP contribution in [0.25, 0.3) is 10.4 Å². The lowest BCUT2D eigenvalue weighted by molar-refractivity contribution is 1.42. The Morgan fingerprint density at radius 3 is 2.90 bits per heavy atom. The van der Waals surface area contributed by atoms with Gasteiger partial charge in [0.05, 0.1) is 0 Å². The normalized spacial score (nSPS) is 10.0. The van der Waals surface area contributed by atoms with Gasteiger partial charge in [-0.1, -0.05) is 6.07 Å². The Balaban J connectivity index is 2.48. The predicted molar refractivity (Wildman–Crippen MR) is 44.1 cm³/mol. The van der Waals surface area contributed by atoms with Gasteiger partial charge in [0.25, 0.3) is 0 Å². The van der Waals surface area contributed by atoms with Crippen LogP contribution in [0.5, 0.6) is 0 Å². The van der Waals surface area contributed by atoms with Crippen molar-refractivity contribution < 1.29 is 0 Å². The number of rotatable bonds is 1. The molecule has 2 aromatic heterocycles. The van der Waals surface area contributed by atoms with Crippen molar-refractivity contribution in [3.63, 3.8) is 0 Å². The molecule has 10 heavy (non-hydrogen) atoms. The standard InChI is InChI=1S/C8H7NS/c1-2-8(10-5-1)7-3-4-9-6-7/h1-6,9H. The molecule has 0 aliphatic heterocycles. The second-order valence-corrected chi connectivity index (χ2v) is 3.02. The molecular weight excluding hydrogens is 142 g/mol. The number of H-pyrrole nitrogens is 1. The van der Waals surface area contributed by atoms with E-state index in [-0.39, 0.29) is 0 Å². The molecule has 0 atom stereocenters. The molecule has 0 bridgehead atoms. The van der Waals surface area contributed by atoms with Gasteiger partial charge in [-0.25, -0.2) is 0 Å². The number of aromatic amines is 1. The molecule has 0 aromatic carbocycles. The van der Waals surface area contributed by atoms with E-state index in [4.69, 9.17) is 0 Å². The zero-order valence-corrected chi connectivity index (χ0v) is 6.19. The van der Waals surface area contributed by atoms with Crippen LogP contribution in [0, 0.1) is 0 Å². The first kappa shape index (κ1) is 5.74. The molecule has 0 unspecified atom stereocenters. The third kappa shape index (κ3) is 0.866. The number of hydrogen-bond acceptors (Lipinski definition) is 1. The van der Waals surface area contributed by atoms with Gasteiger partial charge < -0.3 is 4.98 Å². The Hall–Kier alpha value is -1.02. The summed E-state index contributed by atoms with van der Waals surface area (Å²) in [4.78, 5) is 4.35. The van der Waals surface area contributed by atoms with E-state index in [2.05, 4.69) is 28.6 Å². The van der Waals surface area contributed by atoms with Crippen LogP contribution in [0.3, 0.4) is 0 Å². The Kier molecular flexibility index (Phi) is 1.32. The van der Waals surface area contributed by atoms with Crippen molar-refractivity contribution in [1.29, 1.82) is 0 Å². The van der Waals surface area contributed by atoms with Crippen molar-refractivity contribution in [1.82, 2.24) is 4.98 Å². The topological polar surface area (TPSA) is 15.8 Å². The summed E-state index contributed by atoms with van der Waals surface area (Å²) in [6.07, 6.45) is 3.95. The first-order valence-electron chi connectivity index (χ1n) is 3.13. The van der Waals surface area contributed by atoms with Gasteiger partial charge in [-0.3, -0.25) is 0 Å². The summed E-state index contributed by atoms with van der Waals surface area (Å²) < 4.78 is 0. The Labute approximate surface area is 63.3 Å². The monoisotopic (exact) mass is 149 g/mol.